The molecule has 0 bridgehead atoms. The van der Waals surface area contributed by atoms with Gasteiger partial charge in [0.15, 0.2) is 0 Å². The second-order valence-corrected chi connectivity index (χ2v) is 9.29. The summed E-state index contributed by atoms with van der Waals surface area (Å²) in [5, 5.41) is 16.3. The van der Waals surface area contributed by atoms with E-state index in [-0.39, 0.29) is 17.7 Å². The molecule has 0 heterocycles. The summed E-state index contributed by atoms with van der Waals surface area (Å²) in [5.74, 6) is -4.06. The predicted molar refractivity (Wildman–Crippen MR) is 103 cm³/mol. The van der Waals surface area contributed by atoms with E-state index in [9.17, 15) is 32.7 Å². The molecule has 0 aromatic heterocycles. The first-order valence-corrected chi connectivity index (χ1v) is 10.7. The van der Waals surface area contributed by atoms with E-state index in [1.165, 1.54) is 13.8 Å². The van der Waals surface area contributed by atoms with Crippen molar-refractivity contribution in [1.82, 2.24) is 16.0 Å². The first-order valence-electron chi connectivity index (χ1n) is 8.59. The van der Waals surface area contributed by atoms with Crippen LogP contribution >= 0.6 is 0 Å². The smallest absolute Gasteiger partial charge is 0.326 e. The third kappa shape index (κ3) is 9.49. The lowest BCUT2D eigenvalue weighted by molar-refractivity contribution is -0.143. The average Bonchev–Trinajstić information content (AvgIpc) is 2.51. The number of carbonyl (C=O) groups is 4. The third-order valence-corrected chi connectivity index (χ3v) is 4.72. The molecule has 0 unspecified atom stereocenters. The number of sulfone groups is 1. The Morgan fingerprint density at radius 3 is 1.89 bits per heavy atom. The van der Waals surface area contributed by atoms with Crippen LogP contribution in [0.4, 0.5) is 0 Å². The minimum absolute atomic E-state index is 0.182. The fourth-order valence-corrected chi connectivity index (χ4v) is 2.92. The number of carboxylic acids is 1. The molecular weight excluding hydrogens is 390 g/mol. The van der Waals surface area contributed by atoms with Gasteiger partial charge in [0.1, 0.15) is 28.0 Å². The molecule has 0 aliphatic carbocycles. The zero-order chi connectivity index (χ0) is 22.2. The van der Waals surface area contributed by atoms with Gasteiger partial charge in [-0.3, -0.25) is 14.4 Å². The highest BCUT2D eigenvalue weighted by Gasteiger charge is 2.31. The van der Waals surface area contributed by atoms with Crippen LogP contribution in [0.1, 0.15) is 34.1 Å². The number of carboxylic acid groups (broad SMARTS) is 1. The molecule has 3 amide bonds. The van der Waals surface area contributed by atoms with Crippen LogP contribution in [0, 0.1) is 5.92 Å². The van der Waals surface area contributed by atoms with E-state index in [0.29, 0.717) is 0 Å². The number of rotatable bonds is 11. The Morgan fingerprint density at radius 2 is 1.54 bits per heavy atom. The monoisotopic (exact) mass is 419 g/mol. The Hall–Kier alpha value is -2.43. The molecule has 0 saturated carbocycles. The summed E-state index contributed by atoms with van der Waals surface area (Å²) < 4.78 is 22.7. The Kier molecular flexibility index (Phi) is 9.85. The molecule has 0 rings (SSSR count). The summed E-state index contributed by atoms with van der Waals surface area (Å²) in [4.78, 5) is 47.6. The zero-order valence-corrected chi connectivity index (χ0v) is 17.6. The Labute approximate surface area is 165 Å². The van der Waals surface area contributed by atoms with Gasteiger partial charge in [-0.05, 0) is 24.8 Å². The maximum atomic E-state index is 12.5. The number of carbonyl (C=O) groups excluding carboxylic acids is 3. The van der Waals surface area contributed by atoms with Gasteiger partial charge in [0.05, 0.1) is 5.75 Å². The van der Waals surface area contributed by atoms with E-state index in [1.807, 2.05) is 0 Å². The first-order chi connectivity index (χ1) is 12.7. The number of aliphatic carboxylic acids is 1. The Bertz CT molecular complexity index is 731. The lowest BCUT2D eigenvalue weighted by Crippen LogP contribution is -2.56. The maximum Gasteiger partial charge on any atom is 0.326 e. The van der Waals surface area contributed by atoms with Gasteiger partial charge >= 0.3 is 5.97 Å². The van der Waals surface area contributed by atoms with Gasteiger partial charge in [0, 0.05) is 13.2 Å². The number of nitrogens with one attached hydrogen (secondary N) is 3. The van der Waals surface area contributed by atoms with E-state index in [1.54, 1.807) is 13.8 Å². The minimum atomic E-state index is -3.38. The maximum absolute atomic E-state index is 12.5. The highest BCUT2D eigenvalue weighted by molar-refractivity contribution is 7.90. The fraction of sp³-hybridized carbons (Fsp3) is 0.647. The van der Waals surface area contributed by atoms with Crippen LogP contribution in [0.15, 0.2) is 12.2 Å². The molecule has 10 nitrogen and oxygen atoms in total. The summed E-state index contributed by atoms with van der Waals surface area (Å²) in [6, 6.07) is -3.59. The Balaban J connectivity index is 5.37. The number of hydrogen-bond donors (Lipinski definition) is 4. The molecule has 0 spiro atoms. The van der Waals surface area contributed by atoms with Crippen molar-refractivity contribution in [2.75, 3.05) is 12.0 Å². The molecule has 0 aromatic carbocycles. The largest absolute Gasteiger partial charge is 0.480 e. The van der Waals surface area contributed by atoms with Crippen molar-refractivity contribution in [2.45, 2.75) is 52.2 Å². The molecule has 0 aliphatic rings. The highest BCUT2D eigenvalue weighted by Crippen LogP contribution is 2.06. The van der Waals surface area contributed by atoms with Crippen molar-refractivity contribution >= 4 is 33.5 Å². The molecule has 3 atom stereocenters. The van der Waals surface area contributed by atoms with Crippen molar-refractivity contribution in [3.63, 3.8) is 0 Å². The molecule has 0 saturated heterocycles. The molecule has 0 aromatic rings. The quantitative estimate of drug-likeness (QED) is 0.319. The second-order valence-electron chi connectivity index (χ2n) is 7.03. The van der Waals surface area contributed by atoms with Crippen molar-refractivity contribution in [3.8, 4) is 0 Å². The van der Waals surface area contributed by atoms with Crippen LogP contribution in [-0.4, -0.2) is 67.3 Å². The van der Waals surface area contributed by atoms with Crippen LogP contribution in [0.3, 0.4) is 0 Å². The van der Waals surface area contributed by atoms with Crippen molar-refractivity contribution in [1.29, 1.82) is 0 Å². The lowest BCUT2D eigenvalue weighted by Gasteiger charge is -2.25. The van der Waals surface area contributed by atoms with Gasteiger partial charge in [-0.25, -0.2) is 13.2 Å². The number of hydrogen-bond acceptors (Lipinski definition) is 6. The summed E-state index contributed by atoms with van der Waals surface area (Å²) in [6.07, 6.45) is 0.816. The first kappa shape index (κ1) is 25.6. The highest BCUT2D eigenvalue weighted by atomic mass is 32.2. The summed E-state index contributed by atoms with van der Waals surface area (Å²) in [7, 11) is -3.38. The van der Waals surface area contributed by atoms with Crippen LogP contribution < -0.4 is 16.0 Å². The summed E-state index contributed by atoms with van der Waals surface area (Å²) in [6.45, 7) is 9.50. The van der Waals surface area contributed by atoms with E-state index < -0.39 is 57.6 Å². The van der Waals surface area contributed by atoms with Gasteiger partial charge < -0.3 is 21.1 Å². The second kappa shape index (κ2) is 10.8. The lowest BCUT2D eigenvalue weighted by atomic mass is 10.0. The minimum Gasteiger partial charge on any atom is -0.480 e. The van der Waals surface area contributed by atoms with E-state index in [4.69, 9.17) is 0 Å². The van der Waals surface area contributed by atoms with Crippen molar-refractivity contribution in [3.05, 3.63) is 12.2 Å². The Morgan fingerprint density at radius 1 is 1.00 bits per heavy atom. The fourth-order valence-electron chi connectivity index (χ4n) is 2.25. The zero-order valence-electron chi connectivity index (χ0n) is 16.7. The summed E-state index contributed by atoms with van der Waals surface area (Å²) >= 11 is 0. The van der Waals surface area contributed by atoms with Crippen LogP contribution in [-0.2, 0) is 29.0 Å². The van der Waals surface area contributed by atoms with Crippen molar-refractivity contribution < 1.29 is 32.7 Å². The van der Waals surface area contributed by atoms with Crippen LogP contribution in [0.25, 0.3) is 0 Å². The molecule has 160 valence electrons. The molecular formula is C17H29N3O7S. The van der Waals surface area contributed by atoms with Gasteiger partial charge in [-0.2, -0.15) is 0 Å². The normalized spacial score (nSPS) is 14.5. The predicted octanol–water partition coefficient (Wildman–Crippen LogP) is -0.788. The molecule has 28 heavy (non-hydrogen) atoms. The van der Waals surface area contributed by atoms with Crippen molar-refractivity contribution in [2.24, 2.45) is 5.92 Å². The van der Waals surface area contributed by atoms with E-state index >= 15 is 0 Å². The van der Waals surface area contributed by atoms with Gasteiger partial charge in [-0.15, -0.1) is 0 Å². The summed E-state index contributed by atoms with van der Waals surface area (Å²) in [5.41, 5.74) is 0.239. The molecule has 0 aliphatic heterocycles. The molecule has 4 N–H and O–H groups in total. The molecule has 11 heteroatoms. The SMILES string of the molecule is C=C(C)[C@H](NC(=O)[C@H](CCS(C)(=O)=O)NC(C)=O)C(=O)N[C@H](C(=O)O)C(C)C. The number of amides is 3. The van der Waals surface area contributed by atoms with Gasteiger partial charge in [0.2, 0.25) is 17.7 Å². The van der Waals surface area contributed by atoms with E-state index in [2.05, 4.69) is 22.5 Å². The van der Waals surface area contributed by atoms with Crippen LogP contribution in [0.2, 0.25) is 0 Å². The standard InChI is InChI=1S/C17H29N3O7S/c1-9(2)13(16(23)20-14(10(3)4)17(24)25)19-15(22)12(18-11(5)21)7-8-28(6,26)27/h10,12-14H,1,7-8H2,2-6H3,(H,18,21)(H,19,22)(H,20,23)(H,24,25)/t12-,13-,14-/m0/s1. The van der Waals surface area contributed by atoms with E-state index in [0.717, 1.165) is 6.26 Å². The molecule has 0 fully saturated rings. The topological polar surface area (TPSA) is 159 Å². The molecule has 0 radical (unpaired) electrons. The van der Waals surface area contributed by atoms with Gasteiger partial charge in [0.25, 0.3) is 0 Å². The average molecular weight is 420 g/mol. The third-order valence-electron chi connectivity index (χ3n) is 3.74. The van der Waals surface area contributed by atoms with Crippen LogP contribution in [0.5, 0.6) is 0 Å². The van der Waals surface area contributed by atoms with Gasteiger partial charge in [-0.1, -0.05) is 20.4 Å².